The Morgan fingerprint density at radius 3 is 2.83 bits per heavy atom. The molecule has 2 N–H and O–H groups in total. The van der Waals surface area contributed by atoms with Crippen molar-refractivity contribution < 1.29 is 4.39 Å². The predicted molar refractivity (Wildman–Crippen MR) is 66.0 cm³/mol. The van der Waals surface area contributed by atoms with E-state index in [2.05, 4.69) is 4.98 Å². The topological polar surface area (TPSA) is 62.7 Å². The van der Waals surface area contributed by atoms with Crippen LogP contribution in [0.5, 0.6) is 0 Å². The largest absolute Gasteiger partial charge is 0.324 e. The molecule has 0 fully saturated rings. The summed E-state index contributed by atoms with van der Waals surface area (Å²) >= 11 is 0. The first kappa shape index (κ1) is 12.2. The van der Waals surface area contributed by atoms with E-state index in [1.165, 1.54) is 12.1 Å². The van der Waals surface area contributed by atoms with Crippen LogP contribution in [0, 0.1) is 17.1 Å². The monoisotopic (exact) mass is 241 g/mol. The third-order valence-corrected chi connectivity index (χ3v) is 2.72. The molecule has 2 aromatic rings. The van der Waals surface area contributed by atoms with Crippen LogP contribution in [0.2, 0.25) is 0 Å². The summed E-state index contributed by atoms with van der Waals surface area (Å²) in [6.07, 6.45) is 4.01. The zero-order valence-electron chi connectivity index (χ0n) is 9.68. The van der Waals surface area contributed by atoms with Gasteiger partial charge in [-0.1, -0.05) is 12.1 Å². The van der Waals surface area contributed by atoms with Crippen LogP contribution in [0.1, 0.15) is 22.7 Å². The molecule has 0 saturated carbocycles. The van der Waals surface area contributed by atoms with Crippen LogP contribution < -0.4 is 5.73 Å². The molecule has 1 atom stereocenters. The Labute approximate surface area is 105 Å². The summed E-state index contributed by atoms with van der Waals surface area (Å²) in [7, 11) is 0. The number of nitriles is 1. The van der Waals surface area contributed by atoms with Crippen LogP contribution >= 0.6 is 0 Å². The molecule has 1 aromatic carbocycles. The van der Waals surface area contributed by atoms with Crippen LogP contribution in [0.3, 0.4) is 0 Å². The van der Waals surface area contributed by atoms with Gasteiger partial charge in [-0.3, -0.25) is 4.98 Å². The van der Waals surface area contributed by atoms with Crippen molar-refractivity contribution in [1.82, 2.24) is 4.98 Å². The van der Waals surface area contributed by atoms with Gasteiger partial charge in [-0.25, -0.2) is 4.39 Å². The normalized spacial score (nSPS) is 11.8. The highest BCUT2D eigenvalue weighted by Crippen LogP contribution is 2.18. The standard InChI is InChI=1S/C14H12FN3/c15-13-7-11(3-4-12(13)8-16)14(17)6-10-2-1-5-18-9-10/h1-5,7,9,14H,6,17H2. The highest BCUT2D eigenvalue weighted by Gasteiger charge is 2.10. The molecule has 0 bridgehead atoms. The molecule has 4 heteroatoms. The van der Waals surface area contributed by atoms with Gasteiger partial charge in [0.1, 0.15) is 11.9 Å². The van der Waals surface area contributed by atoms with E-state index in [9.17, 15) is 4.39 Å². The molecule has 3 nitrogen and oxygen atoms in total. The summed E-state index contributed by atoms with van der Waals surface area (Å²) in [5, 5.41) is 8.65. The number of halogens is 1. The first-order valence-corrected chi connectivity index (χ1v) is 5.54. The van der Waals surface area contributed by atoms with E-state index in [0.29, 0.717) is 12.0 Å². The second-order valence-electron chi connectivity index (χ2n) is 4.02. The molecule has 1 aromatic heterocycles. The Kier molecular flexibility index (Phi) is 3.66. The van der Waals surface area contributed by atoms with Crippen molar-refractivity contribution >= 4 is 0 Å². The lowest BCUT2D eigenvalue weighted by molar-refractivity contribution is 0.615. The van der Waals surface area contributed by atoms with Gasteiger partial charge in [0.25, 0.3) is 0 Å². The lowest BCUT2D eigenvalue weighted by Gasteiger charge is -2.12. The van der Waals surface area contributed by atoms with Crippen LogP contribution in [0.25, 0.3) is 0 Å². The molecule has 0 aliphatic rings. The van der Waals surface area contributed by atoms with Crippen LogP contribution in [-0.4, -0.2) is 4.98 Å². The van der Waals surface area contributed by atoms with Crippen molar-refractivity contribution in [2.45, 2.75) is 12.5 Å². The Hall–Kier alpha value is -2.25. The van der Waals surface area contributed by atoms with Crippen molar-refractivity contribution in [1.29, 1.82) is 5.26 Å². The zero-order valence-corrected chi connectivity index (χ0v) is 9.68. The minimum Gasteiger partial charge on any atom is -0.324 e. The molecular formula is C14H12FN3. The molecule has 18 heavy (non-hydrogen) atoms. The van der Waals surface area contributed by atoms with E-state index >= 15 is 0 Å². The molecule has 0 aliphatic carbocycles. The number of aromatic nitrogens is 1. The molecule has 1 unspecified atom stereocenters. The molecule has 0 radical (unpaired) electrons. The second kappa shape index (κ2) is 5.39. The Balaban J connectivity index is 2.17. The van der Waals surface area contributed by atoms with E-state index in [-0.39, 0.29) is 11.6 Å². The van der Waals surface area contributed by atoms with Crippen LogP contribution in [0.4, 0.5) is 4.39 Å². The maximum atomic E-state index is 13.5. The third-order valence-electron chi connectivity index (χ3n) is 2.72. The SMILES string of the molecule is N#Cc1ccc(C(N)Cc2cccnc2)cc1F. The summed E-state index contributed by atoms with van der Waals surface area (Å²) < 4.78 is 13.5. The van der Waals surface area contributed by atoms with E-state index in [1.54, 1.807) is 24.5 Å². The maximum Gasteiger partial charge on any atom is 0.141 e. The van der Waals surface area contributed by atoms with Crippen molar-refractivity contribution in [3.63, 3.8) is 0 Å². The van der Waals surface area contributed by atoms with Crippen molar-refractivity contribution in [3.05, 3.63) is 65.2 Å². The molecule has 90 valence electrons. The lowest BCUT2D eigenvalue weighted by atomic mass is 9.99. The summed E-state index contributed by atoms with van der Waals surface area (Å²) in [6.45, 7) is 0. The summed E-state index contributed by atoms with van der Waals surface area (Å²) in [6, 6.07) is 9.69. The number of hydrogen-bond acceptors (Lipinski definition) is 3. The van der Waals surface area contributed by atoms with Crippen molar-refractivity contribution in [2.24, 2.45) is 5.73 Å². The molecule has 0 aliphatic heterocycles. The third kappa shape index (κ3) is 2.70. The Morgan fingerprint density at radius 1 is 1.39 bits per heavy atom. The highest BCUT2D eigenvalue weighted by molar-refractivity contribution is 5.35. The molecular weight excluding hydrogens is 229 g/mol. The zero-order chi connectivity index (χ0) is 13.0. The maximum absolute atomic E-state index is 13.5. The Morgan fingerprint density at radius 2 is 2.22 bits per heavy atom. The number of nitrogens with two attached hydrogens (primary N) is 1. The fourth-order valence-corrected chi connectivity index (χ4v) is 1.74. The van der Waals surface area contributed by atoms with Gasteiger partial charge >= 0.3 is 0 Å². The minimum absolute atomic E-state index is 0.0346. The fraction of sp³-hybridized carbons (Fsp3) is 0.143. The van der Waals surface area contributed by atoms with Gasteiger partial charge in [-0.2, -0.15) is 5.26 Å². The van der Waals surface area contributed by atoms with E-state index < -0.39 is 5.82 Å². The summed E-state index contributed by atoms with van der Waals surface area (Å²) in [4.78, 5) is 4.00. The molecule has 0 spiro atoms. The molecule has 0 amide bonds. The number of rotatable bonds is 3. The molecule has 2 rings (SSSR count). The minimum atomic E-state index is -0.531. The second-order valence-corrected chi connectivity index (χ2v) is 4.02. The number of nitrogens with zero attached hydrogens (tertiary/aromatic N) is 2. The number of benzene rings is 1. The van der Waals surface area contributed by atoms with Gasteiger partial charge in [0.2, 0.25) is 0 Å². The van der Waals surface area contributed by atoms with Gasteiger partial charge in [0, 0.05) is 18.4 Å². The summed E-state index contributed by atoms with van der Waals surface area (Å²) in [5.41, 5.74) is 7.72. The van der Waals surface area contributed by atoms with Crippen LogP contribution in [-0.2, 0) is 6.42 Å². The number of pyridine rings is 1. The quantitative estimate of drug-likeness (QED) is 0.897. The fourth-order valence-electron chi connectivity index (χ4n) is 1.74. The average Bonchev–Trinajstić information content (AvgIpc) is 2.39. The smallest absolute Gasteiger partial charge is 0.141 e. The van der Waals surface area contributed by atoms with E-state index in [1.807, 2.05) is 12.1 Å². The molecule has 1 heterocycles. The Bertz CT molecular complexity index is 575. The van der Waals surface area contributed by atoms with Gasteiger partial charge in [-0.15, -0.1) is 0 Å². The van der Waals surface area contributed by atoms with Gasteiger partial charge < -0.3 is 5.73 Å². The van der Waals surface area contributed by atoms with Crippen molar-refractivity contribution in [2.75, 3.05) is 0 Å². The highest BCUT2D eigenvalue weighted by atomic mass is 19.1. The van der Waals surface area contributed by atoms with Gasteiger partial charge in [0.05, 0.1) is 5.56 Å². The first-order chi connectivity index (χ1) is 8.70. The van der Waals surface area contributed by atoms with Crippen LogP contribution in [0.15, 0.2) is 42.7 Å². The average molecular weight is 241 g/mol. The number of hydrogen-bond donors (Lipinski definition) is 1. The van der Waals surface area contributed by atoms with E-state index in [4.69, 9.17) is 11.0 Å². The lowest BCUT2D eigenvalue weighted by Crippen LogP contribution is -2.13. The van der Waals surface area contributed by atoms with Crippen molar-refractivity contribution in [3.8, 4) is 6.07 Å². The predicted octanol–water partition coefficient (Wildman–Crippen LogP) is 2.33. The van der Waals surface area contributed by atoms with E-state index in [0.717, 1.165) is 5.56 Å². The summed E-state index contributed by atoms with van der Waals surface area (Å²) in [5.74, 6) is -0.531. The van der Waals surface area contributed by atoms with Gasteiger partial charge in [0.15, 0.2) is 0 Å². The molecule has 0 saturated heterocycles. The first-order valence-electron chi connectivity index (χ1n) is 5.54. The van der Waals surface area contributed by atoms with Gasteiger partial charge in [-0.05, 0) is 35.7 Å².